The van der Waals surface area contributed by atoms with Crippen LogP contribution in [-0.2, 0) is 0 Å². The van der Waals surface area contributed by atoms with Crippen molar-refractivity contribution in [1.82, 2.24) is 25.4 Å². The minimum absolute atomic E-state index is 0. The first kappa shape index (κ1) is 18.6. The molecule has 2 aromatic heterocycles. The van der Waals surface area contributed by atoms with Gasteiger partial charge < -0.3 is 21.4 Å². The van der Waals surface area contributed by atoms with E-state index in [9.17, 15) is 4.79 Å². The molecule has 0 bridgehead atoms. The molecule has 1 aliphatic heterocycles. The number of nitrogen functional groups attached to an aromatic ring is 1. The summed E-state index contributed by atoms with van der Waals surface area (Å²) in [5.74, 6) is 1.10. The molecule has 5 N–H and O–H groups in total. The number of anilines is 2. The maximum Gasteiger partial charge on any atom is 0.271 e. The molecule has 1 aliphatic rings. The summed E-state index contributed by atoms with van der Waals surface area (Å²) < 4.78 is 0. The van der Waals surface area contributed by atoms with Crippen LogP contribution < -0.4 is 16.0 Å². The highest BCUT2D eigenvalue weighted by Crippen LogP contribution is 2.12. The van der Waals surface area contributed by atoms with Crippen LogP contribution >= 0.6 is 0 Å². The van der Waals surface area contributed by atoms with Gasteiger partial charge in [-0.05, 0) is 24.3 Å². The van der Waals surface area contributed by atoms with Crippen molar-refractivity contribution in [2.75, 3.05) is 49.9 Å². The van der Waals surface area contributed by atoms with Gasteiger partial charge in [-0.15, -0.1) is 10.2 Å². The average Bonchev–Trinajstić information content (AvgIpc) is 2.63. The molecule has 0 radical (unpaired) electrons. The Morgan fingerprint density at radius 3 is 2.56 bits per heavy atom. The lowest BCUT2D eigenvalue weighted by Crippen LogP contribution is -2.48. The van der Waals surface area contributed by atoms with Gasteiger partial charge >= 0.3 is 0 Å². The first-order chi connectivity index (χ1) is 11.7. The van der Waals surface area contributed by atoms with E-state index < -0.39 is 0 Å². The third kappa shape index (κ3) is 5.10. The van der Waals surface area contributed by atoms with Crippen LogP contribution in [0.5, 0.6) is 0 Å². The fourth-order valence-corrected chi connectivity index (χ4v) is 2.62. The van der Waals surface area contributed by atoms with E-state index in [0.717, 1.165) is 38.5 Å². The molecule has 0 atom stereocenters. The Bertz CT molecular complexity index is 658. The number of carbonyl (C=O) groups is 1. The third-order valence-electron chi connectivity index (χ3n) is 3.98. The minimum atomic E-state index is -0.227. The zero-order valence-electron chi connectivity index (χ0n) is 13.9. The van der Waals surface area contributed by atoms with Gasteiger partial charge in [0.25, 0.3) is 5.91 Å². The van der Waals surface area contributed by atoms with E-state index in [1.807, 2.05) is 24.4 Å². The van der Waals surface area contributed by atoms with Gasteiger partial charge in [0.15, 0.2) is 5.69 Å². The third-order valence-corrected chi connectivity index (χ3v) is 3.98. The SMILES string of the molecule is Nc1ccc(C(=O)NCCN2CCN(c3ccccn3)CC2)nn1.O. The van der Waals surface area contributed by atoms with Crippen molar-refractivity contribution in [2.24, 2.45) is 0 Å². The van der Waals surface area contributed by atoms with Crippen LogP contribution in [0.15, 0.2) is 36.5 Å². The van der Waals surface area contributed by atoms with Gasteiger partial charge in [0, 0.05) is 45.5 Å². The van der Waals surface area contributed by atoms with Crippen LogP contribution in [0.3, 0.4) is 0 Å². The summed E-state index contributed by atoms with van der Waals surface area (Å²) >= 11 is 0. The van der Waals surface area contributed by atoms with Gasteiger partial charge in [-0.25, -0.2) is 4.98 Å². The van der Waals surface area contributed by atoms with Crippen LogP contribution in [0, 0.1) is 0 Å². The van der Waals surface area contributed by atoms with E-state index in [0.29, 0.717) is 12.4 Å². The highest BCUT2D eigenvalue weighted by molar-refractivity contribution is 5.92. The smallest absolute Gasteiger partial charge is 0.271 e. The molecular formula is C16H23N7O2. The number of nitrogens with one attached hydrogen (secondary N) is 1. The van der Waals surface area contributed by atoms with Crippen molar-refractivity contribution in [3.05, 3.63) is 42.2 Å². The summed E-state index contributed by atoms with van der Waals surface area (Å²) in [7, 11) is 0. The molecule has 134 valence electrons. The Balaban J connectivity index is 0.00000225. The van der Waals surface area contributed by atoms with Crippen molar-refractivity contribution in [3.8, 4) is 0 Å². The number of aromatic nitrogens is 3. The number of nitrogens with two attached hydrogens (primary N) is 1. The van der Waals surface area contributed by atoms with Crippen molar-refractivity contribution in [2.45, 2.75) is 0 Å². The Morgan fingerprint density at radius 1 is 1.12 bits per heavy atom. The Morgan fingerprint density at radius 2 is 1.92 bits per heavy atom. The average molecular weight is 345 g/mol. The number of piperazine rings is 1. The highest BCUT2D eigenvalue weighted by Gasteiger charge is 2.17. The molecule has 0 unspecified atom stereocenters. The number of rotatable bonds is 5. The molecule has 25 heavy (non-hydrogen) atoms. The fraction of sp³-hybridized carbons (Fsp3) is 0.375. The molecule has 1 amide bonds. The summed E-state index contributed by atoms with van der Waals surface area (Å²) in [6, 6.07) is 9.10. The van der Waals surface area contributed by atoms with Gasteiger partial charge in [-0.1, -0.05) is 6.07 Å². The number of hydrogen-bond acceptors (Lipinski definition) is 7. The molecule has 1 saturated heterocycles. The van der Waals surface area contributed by atoms with E-state index in [4.69, 9.17) is 5.73 Å². The van der Waals surface area contributed by atoms with Gasteiger partial charge in [0.05, 0.1) is 0 Å². The molecule has 0 spiro atoms. The maximum absolute atomic E-state index is 11.9. The predicted molar refractivity (Wildman–Crippen MR) is 95.3 cm³/mol. The second kappa shape index (κ2) is 8.90. The van der Waals surface area contributed by atoms with Crippen LogP contribution in [0.2, 0.25) is 0 Å². The summed E-state index contributed by atoms with van der Waals surface area (Å²) in [6.07, 6.45) is 1.82. The second-order valence-electron chi connectivity index (χ2n) is 5.62. The Labute approximate surface area is 146 Å². The van der Waals surface area contributed by atoms with Gasteiger partial charge in [-0.2, -0.15) is 0 Å². The largest absolute Gasteiger partial charge is 0.412 e. The molecule has 3 rings (SSSR count). The lowest BCUT2D eigenvalue weighted by Gasteiger charge is -2.35. The topological polar surface area (TPSA) is 132 Å². The zero-order valence-corrected chi connectivity index (χ0v) is 13.9. The van der Waals surface area contributed by atoms with Crippen molar-refractivity contribution >= 4 is 17.5 Å². The van der Waals surface area contributed by atoms with Crippen molar-refractivity contribution in [1.29, 1.82) is 0 Å². The van der Waals surface area contributed by atoms with Gasteiger partial charge in [0.1, 0.15) is 11.6 Å². The van der Waals surface area contributed by atoms with E-state index in [-0.39, 0.29) is 17.1 Å². The lowest BCUT2D eigenvalue weighted by molar-refractivity contribution is 0.0942. The first-order valence-corrected chi connectivity index (χ1v) is 7.98. The van der Waals surface area contributed by atoms with Crippen molar-refractivity contribution in [3.63, 3.8) is 0 Å². The van der Waals surface area contributed by atoms with E-state index in [2.05, 4.69) is 30.3 Å². The molecule has 2 aromatic rings. The van der Waals surface area contributed by atoms with Gasteiger partial charge in [-0.3, -0.25) is 9.69 Å². The lowest BCUT2D eigenvalue weighted by atomic mass is 10.3. The quantitative estimate of drug-likeness (QED) is 0.723. The van der Waals surface area contributed by atoms with Crippen molar-refractivity contribution < 1.29 is 10.3 Å². The van der Waals surface area contributed by atoms with Gasteiger partial charge in [0.2, 0.25) is 0 Å². The number of amides is 1. The fourth-order valence-electron chi connectivity index (χ4n) is 2.62. The monoisotopic (exact) mass is 345 g/mol. The molecule has 9 heteroatoms. The summed E-state index contributed by atoms with van der Waals surface area (Å²) in [6.45, 7) is 5.17. The minimum Gasteiger partial charge on any atom is -0.412 e. The predicted octanol–water partition coefficient (Wildman–Crippen LogP) is -0.819. The van der Waals surface area contributed by atoms with Crippen LogP contribution in [0.25, 0.3) is 0 Å². The van der Waals surface area contributed by atoms with Crippen LogP contribution in [0.1, 0.15) is 10.5 Å². The summed E-state index contributed by atoms with van der Waals surface area (Å²) in [4.78, 5) is 20.9. The maximum atomic E-state index is 11.9. The Kier molecular flexibility index (Phi) is 6.61. The number of carbonyl (C=O) groups excluding carboxylic acids is 1. The van der Waals surface area contributed by atoms with E-state index >= 15 is 0 Å². The summed E-state index contributed by atoms with van der Waals surface area (Å²) in [5.41, 5.74) is 5.74. The van der Waals surface area contributed by atoms with Crippen LogP contribution in [0.4, 0.5) is 11.6 Å². The zero-order chi connectivity index (χ0) is 16.8. The van der Waals surface area contributed by atoms with Crippen LogP contribution in [-0.4, -0.2) is 70.7 Å². The highest BCUT2D eigenvalue weighted by atomic mass is 16.1. The second-order valence-corrected chi connectivity index (χ2v) is 5.62. The first-order valence-electron chi connectivity index (χ1n) is 7.98. The number of nitrogens with zero attached hydrogens (tertiary/aromatic N) is 5. The molecule has 3 heterocycles. The number of hydrogen-bond donors (Lipinski definition) is 2. The summed E-state index contributed by atoms with van der Waals surface area (Å²) in [5, 5.41) is 10.3. The molecular weight excluding hydrogens is 322 g/mol. The number of pyridine rings is 1. The molecule has 1 fully saturated rings. The standard InChI is InChI=1S/C16H21N7O.H2O/c17-14-5-4-13(20-21-14)16(24)19-7-8-22-9-11-23(12-10-22)15-3-1-2-6-18-15;/h1-6H,7-12H2,(H2,17,21)(H,19,24);1H2. The van der Waals surface area contributed by atoms with E-state index in [1.54, 1.807) is 12.1 Å². The molecule has 9 nitrogen and oxygen atoms in total. The molecule has 0 saturated carbocycles. The normalized spacial score (nSPS) is 14.6. The molecule has 0 aromatic carbocycles. The Hall–Kier alpha value is -2.78. The molecule has 0 aliphatic carbocycles. The van der Waals surface area contributed by atoms with E-state index in [1.165, 1.54) is 0 Å².